The first kappa shape index (κ1) is 16.5. The van der Waals surface area contributed by atoms with Crippen LogP contribution in [0.1, 0.15) is 36.0 Å². The lowest BCUT2D eigenvalue weighted by Gasteiger charge is -2.14. The van der Waals surface area contributed by atoms with Crippen LogP contribution in [0.2, 0.25) is 0 Å². The molecule has 1 aromatic carbocycles. The lowest BCUT2D eigenvalue weighted by Crippen LogP contribution is -2.28. The van der Waals surface area contributed by atoms with Crippen molar-refractivity contribution in [1.82, 2.24) is 0 Å². The van der Waals surface area contributed by atoms with E-state index in [0.29, 0.717) is 17.7 Å². The zero-order valence-electron chi connectivity index (χ0n) is 11.2. The Bertz CT molecular complexity index is 476. The second-order valence-electron chi connectivity index (χ2n) is 5.05. The van der Waals surface area contributed by atoms with Crippen LogP contribution in [0.3, 0.4) is 0 Å². The van der Waals surface area contributed by atoms with E-state index < -0.39 is 5.91 Å². The van der Waals surface area contributed by atoms with Crippen molar-refractivity contribution in [2.75, 3.05) is 5.32 Å². The van der Waals surface area contributed by atoms with E-state index in [1.54, 1.807) is 24.3 Å². The van der Waals surface area contributed by atoms with E-state index in [1.165, 1.54) is 0 Å². The van der Waals surface area contributed by atoms with E-state index >= 15 is 0 Å². The highest BCUT2D eigenvalue weighted by Gasteiger charge is 2.25. The van der Waals surface area contributed by atoms with Crippen LogP contribution >= 0.6 is 12.4 Å². The van der Waals surface area contributed by atoms with Crippen molar-refractivity contribution in [2.45, 2.75) is 31.7 Å². The van der Waals surface area contributed by atoms with Crippen molar-refractivity contribution in [3.63, 3.8) is 0 Å². The number of carbonyl (C=O) groups excluding carboxylic acids is 2. The zero-order chi connectivity index (χ0) is 13.8. The Morgan fingerprint density at radius 1 is 1.20 bits per heavy atom. The molecule has 5 nitrogen and oxygen atoms in total. The summed E-state index contributed by atoms with van der Waals surface area (Å²) in [5.41, 5.74) is 12.2. The van der Waals surface area contributed by atoms with Crippen molar-refractivity contribution in [3.8, 4) is 0 Å². The highest BCUT2D eigenvalue weighted by molar-refractivity contribution is 5.94. The monoisotopic (exact) mass is 297 g/mol. The fraction of sp³-hybridized carbons (Fsp3) is 0.429. The van der Waals surface area contributed by atoms with E-state index in [4.69, 9.17) is 11.5 Å². The number of anilines is 1. The second kappa shape index (κ2) is 7.26. The van der Waals surface area contributed by atoms with Gasteiger partial charge in [0.15, 0.2) is 0 Å². The van der Waals surface area contributed by atoms with Gasteiger partial charge in [-0.05, 0) is 43.0 Å². The average Bonchev–Trinajstić information content (AvgIpc) is 2.75. The van der Waals surface area contributed by atoms with Gasteiger partial charge < -0.3 is 16.8 Å². The lowest BCUT2D eigenvalue weighted by molar-refractivity contribution is -0.117. The van der Waals surface area contributed by atoms with Gasteiger partial charge in [-0.3, -0.25) is 9.59 Å². The summed E-state index contributed by atoms with van der Waals surface area (Å²) in [4.78, 5) is 22.8. The minimum absolute atomic E-state index is 0. The van der Waals surface area contributed by atoms with Crippen LogP contribution in [-0.2, 0) is 4.79 Å². The van der Waals surface area contributed by atoms with E-state index in [2.05, 4.69) is 5.32 Å². The highest BCUT2D eigenvalue weighted by atomic mass is 35.5. The lowest BCUT2D eigenvalue weighted by atomic mass is 10.00. The molecule has 0 aromatic heterocycles. The van der Waals surface area contributed by atoms with Crippen LogP contribution in [-0.4, -0.2) is 17.9 Å². The molecule has 2 atom stereocenters. The number of amides is 2. The van der Waals surface area contributed by atoms with Gasteiger partial charge in [-0.25, -0.2) is 0 Å². The Morgan fingerprint density at radius 2 is 1.85 bits per heavy atom. The summed E-state index contributed by atoms with van der Waals surface area (Å²) in [6.07, 6.45) is 3.59. The third-order valence-electron chi connectivity index (χ3n) is 3.62. The number of nitrogens with two attached hydrogens (primary N) is 2. The Hall–Kier alpha value is -1.59. The van der Waals surface area contributed by atoms with Crippen molar-refractivity contribution < 1.29 is 9.59 Å². The number of primary amides is 1. The largest absolute Gasteiger partial charge is 0.366 e. The van der Waals surface area contributed by atoms with Crippen LogP contribution in [0, 0.1) is 5.92 Å². The van der Waals surface area contributed by atoms with Gasteiger partial charge in [0.05, 0.1) is 0 Å². The molecule has 0 spiro atoms. The number of halogens is 1. The van der Waals surface area contributed by atoms with Crippen molar-refractivity contribution in [2.24, 2.45) is 17.4 Å². The summed E-state index contributed by atoms with van der Waals surface area (Å²) in [5, 5.41) is 2.81. The molecule has 1 aliphatic rings. The molecular weight excluding hydrogens is 278 g/mol. The summed E-state index contributed by atoms with van der Waals surface area (Å²) >= 11 is 0. The Morgan fingerprint density at radius 3 is 2.35 bits per heavy atom. The molecule has 110 valence electrons. The number of hydrogen-bond acceptors (Lipinski definition) is 3. The quantitative estimate of drug-likeness (QED) is 0.788. The number of benzene rings is 1. The minimum Gasteiger partial charge on any atom is -0.366 e. The van der Waals surface area contributed by atoms with Crippen LogP contribution in [0.25, 0.3) is 0 Å². The average molecular weight is 298 g/mol. The van der Waals surface area contributed by atoms with Crippen LogP contribution in [0.15, 0.2) is 24.3 Å². The summed E-state index contributed by atoms with van der Waals surface area (Å²) in [6, 6.07) is 6.68. The molecule has 0 bridgehead atoms. The van der Waals surface area contributed by atoms with Crippen LogP contribution in [0.5, 0.6) is 0 Å². The molecule has 0 heterocycles. The van der Waals surface area contributed by atoms with Crippen LogP contribution in [0.4, 0.5) is 5.69 Å². The fourth-order valence-electron chi connectivity index (χ4n) is 2.49. The second-order valence-corrected chi connectivity index (χ2v) is 5.05. The van der Waals surface area contributed by atoms with Crippen molar-refractivity contribution in [3.05, 3.63) is 29.8 Å². The Balaban J connectivity index is 0.00000200. The summed E-state index contributed by atoms with van der Waals surface area (Å²) in [7, 11) is 0. The molecular formula is C14H20ClN3O2. The first-order valence-electron chi connectivity index (χ1n) is 6.51. The summed E-state index contributed by atoms with van der Waals surface area (Å²) in [5.74, 6) is -0.228. The number of hydrogen-bond donors (Lipinski definition) is 3. The third-order valence-corrected chi connectivity index (χ3v) is 3.62. The van der Waals surface area contributed by atoms with Gasteiger partial charge in [0.25, 0.3) is 0 Å². The van der Waals surface area contributed by atoms with Gasteiger partial charge >= 0.3 is 0 Å². The molecule has 0 saturated heterocycles. The van der Waals surface area contributed by atoms with E-state index in [1.807, 2.05) is 0 Å². The molecule has 0 unspecified atom stereocenters. The Labute approximate surface area is 124 Å². The normalized spacial score (nSPS) is 21.1. The zero-order valence-corrected chi connectivity index (χ0v) is 12.0. The molecule has 0 aliphatic heterocycles. The number of rotatable bonds is 4. The topological polar surface area (TPSA) is 98.2 Å². The molecule has 6 heteroatoms. The highest BCUT2D eigenvalue weighted by Crippen LogP contribution is 2.27. The molecule has 1 saturated carbocycles. The molecule has 1 aromatic rings. The van der Waals surface area contributed by atoms with E-state index in [-0.39, 0.29) is 30.3 Å². The van der Waals surface area contributed by atoms with E-state index in [9.17, 15) is 9.59 Å². The minimum atomic E-state index is -0.477. The number of carbonyl (C=O) groups is 2. The Kier molecular flexibility index (Phi) is 5.98. The van der Waals surface area contributed by atoms with Gasteiger partial charge in [-0.15, -0.1) is 12.4 Å². The molecule has 1 fully saturated rings. The van der Waals surface area contributed by atoms with Gasteiger partial charge in [-0.2, -0.15) is 0 Å². The van der Waals surface area contributed by atoms with Crippen molar-refractivity contribution >= 4 is 29.9 Å². The predicted octanol–water partition coefficient (Wildman–Crippen LogP) is 1.66. The van der Waals surface area contributed by atoms with Crippen molar-refractivity contribution in [1.29, 1.82) is 0 Å². The third kappa shape index (κ3) is 4.21. The standard InChI is InChI=1S/C14H19N3O2.ClH/c15-12-3-1-2-10(12)8-13(18)17-11-6-4-9(5-7-11)14(16)19;/h4-7,10,12H,1-3,8,15H2,(H2,16,19)(H,17,18);1H/t10-,12+;/m0./s1. The molecule has 0 radical (unpaired) electrons. The molecule has 5 N–H and O–H groups in total. The van der Waals surface area contributed by atoms with Gasteiger partial charge in [0.1, 0.15) is 0 Å². The maximum atomic E-state index is 11.9. The molecule has 2 amide bonds. The fourth-order valence-corrected chi connectivity index (χ4v) is 2.49. The molecule has 1 aliphatic carbocycles. The smallest absolute Gasteiger partial charge is 0.248 e. The maximum absolute atomic E-state index is 11.9. The number of nitrogens with one attached hydrogen (secondary N) is 1. The predicted molar refractivity (Wildman–Crippen MR) is 80.8 cm³/mol. The van der Waals surface area contributed by atoms with Crippen LogP contribution < -0.4 is 16.8 Å². The molecule has 2 rings (SSSR count). The SMILES string of the molecule is Cl.NC(=O)c1ccc(NC(=O)C[C@@H]2CCC[C@H]2N)cc1. The van der Waals surface area contributed by atoms with Gasteiger partial charge in [-0.1, -0.05) is 6.42 Å². The van der Waals surface area contributed by atoms with E-state index in [0.717, 1.165) is 19.3 Å². The van der Waals surface area contributed by atoms with Gasteiger partial charge in [0, 0.05) is 23.7 Å². The van der Waals surface area contributed by atoms with Gasteiger partial charge in [0.2, 0.25) is 11.8 Å². The first-order valence-corrected chi connectivity index (χ1v) is 6.51. The summed E-state index contributed by atoms with van der Waals surface area (Å²) < 4.78 is 0. The summed E-state index contributed by atoms with van der Waals surface area (Å²) in [6.45, 7) is 0. The maximum Gasteiger partial charge on any atom is 0.248 e. The molecule has 20 heavy (non-hydrogen) atoms. The first-order chi connectivity index (χ1) is 9.06.